The first-order chi connectivity index (χ1) is 5.69. The molecule has 2 nitrogen and oxygen atoms in total. The molecule has 0 amide bonds. The van der Waals surface area contributed by atoms with Crippen LogP contribution in [0.5, 0.6) is 0 Å². The normalized spacial score (nSPS) is 45.3. The van der Waals surface area contributed by atoms with Gasteiger partial charge < -0.3 is 4.74 Å². The Morgan fingerprint density at radius 1 is 1.67 bits per heavy atom. The molecular weight excluding hydrogens is 152 g/mol. The van der Waals surface area contributed by atoms with Crippen LogP contribution in [0.15, 0.2) is 12.2 Å². The fourth-order valence-corrected chi connectivity index (χ4v) is 2.31. The minimum Gasteiger partial charge on any atom is -0.366 e. The van der Waals surface area contributed by atoms with Crippen molar-refractivity contribution in [3.05, 3.63) is 12.2 Å². The number of Topliss-reactive ketones (excluding diaryl/α,β-unsaturated/α-hetero) is 1. The molecule has 3 atom stereocenters. The standard InChI is InChI=1S/C10H14O2/c1-7-8-3-5-10(12-2,6-4-8)9(7)11/h3,5,7-8H,4,6H2,1-2H3/t7-,8-,10-/m1/s1. The molecule has 0 radical (unpaired) electrons. The van der Waals surface area contributed by atoms with E-state index in [1.54, 1.807) is 7.11 Å². The summed E-state index contributed by atoms with van der Waals surface area (Å²) in [6.45, 7) is 2.00. The Morgan fingerprint density at radius 3 is 2.83 bits per heavy atom. The molecule has 0 aliphatic heterocycles. The molecule has 3 rings (SSSR count). The summed E-state index contributed by atoms with van der Waals surface area (Å²) in [5.74, 6) is 0.891. The van der Waals surface area contributed by atoms with Crippen molar-refractivity contribution in [3.8, 4) is 0 Å². The minimum absolute atomic E-state index is 0.156. The highest BCUT2D eigenvalue weighted by atomic mass is 16.5. The zero-order chi connectivity index (χ0) is 8.77. The first-order valence-electron chi connectivity index (χ1n) is 4.48. The second-order valence-corrected chi connectivity index (χ2v) is 3.81. The van der Waals surface area contributed by atoms with Crippen LogP contribution < -0.4 is 0 Å². The van der Waals surface area contributed by atoms with Crippen molar-refractivity contribution in [2.75, 3.05) is 7.11 Å². The van der Waals surface area contributed by atoms with Gasteiger partial charge in [0.15, 0.2) is 5.78 Å². The van der Waals surface area contributed by atoms with Crippen molar-refractivity contribution in [2.24, 2.45) is 11.8 Å². The van der Waals surface area contributed by atoms with E-state index >= 15 is 0 Å². The Balaban J connectivity index is 2.40. The number of ether oxygens (including phenoxy) is 1. The predicted molar refractivity (Wildman–Crippen MR) is 45.8 cm³/mol. The van der Waals surface area contributed by atoms with Crippen LogP contribution in [0.2, 0.25) is 0 Å². The number of hydrogen-bond donors (Lipinski definition) is 0. The molecular formula is C10H14O2. The largest absolute Gasteiger partial charge is 0.366 e. The molecule has 12 heavy (non-hydrogen) atoms. The van der Waals surface area contributed by atoms with E-state index in [0.717, 1.165) is 12.8 Å². The number of allylic oxidation sites excluding steroid dienone is 1. The van der Waals surface area contributed by atoms with Gasteiger partial charge in [0, 0.05) is 13.0 Å². The molecule has 0 aromatic rings. The summed E-state index contributed by atoms with van der Waals surface area (Å²) >= 11 is 0. The summed E-state index contributed by atoms with van der Waals surface area (Å²) in [5.41, 5.74) is -0.561. The SMILES string of the molecule is CO[C@]12C=C[C@H](CC1)[C@@H](C)C2=O. The molecule has 1 fully saturated rings. The van der Waals surface area contributed by atoms with Crippen LogP contribution >= 0.6 is 0 Å². The van der Waals surface area contributed by atoms with Gasteiger partial charge in [-0.3, -0.25) is 4.79 Å². The molecule has 0 aromatic carbocycles. The lowest BCUT2D eigenvalue weighted by molar-refractivity contribution is -0.147. The van der Waals surface area contributed by atoms with E-state index in [2.05, 4.69) is 6.08 Å². The summed E-state index contributed by atoms with van der Waals surface area (Å²) in [7, 11) is 1.63. The van der Waals surface area contributed by atoms with Crippen LogP contribution in [0, 0.1) is 11.8 Å². The van der Waals surface area contributed by atoms with Gasteiger partial charge in [-0.1, -0.05) is 13.0 Å². The van der Waals surface area contributed by atoms with Gasteiger partial charge in [0.25, 0.3) is 0 Å². The molecule has 66 valence electrons. The Labute approximate surface area is 72.6 Å². The lowest BCUT2D eigenvalue weighted by atomic mass is 9.66. The molecule has 3 aliphatic carbocycles. The molecule has 0 N–H and O–H groups in total. The van der Waals surface area contributed by atoms with Gasteiger partial charge in [0.1, 0.15) is 5.60 Å². The van der Waals surface area contributed by atoms with E-state index in [0.29, 0.717) is 5.92 Å². The molecule has 3 aliphatic rings. The van der Waals surface area contributed by atoms with Gasteiger partial charge in [-0.15, -0.1) is 0 Å². The maximum atomic E-state index is 11.8. The van der Waals surface area contributed by atoms with Crippen LogP contribution in [-0.4, -0.2) is 18.5 Å². The second kappa shape index (κ2) is 2.43. The van der Waals surface area contributed by atoms with Gasteiger partial charge in [-0.05, 0) is 24.8 Å². The molecule has 2 bridgehead atoms. The van der Waals surface area contributed by atoms with Gasteiger partial charge in [0.2, 0.25) is 0 Å². The Bertz CT molecular complexity index is 244. The smallest absolute Gasteiger partial charge is 0.171 e. The molecule has 1 saturated carbocycles. The van der Waals surface area contributed by atoms with E-state index in [1.807, 2.05) is 13.0 Å². The number of hydrogen-bond acceptors (Lipinski definition) is 2. The third kappa shape index (κ3) is 0.816. The predicted octanol–water partition coefficient (Wildman–Crippen LogP) is 1.56. The maximum absolute atomic E-state index is 11.8. The summed E-state index contributed by atoms with van der Waals surface area (Å²) in [5, 5.41) is 0. The van der Waals surface area contributed by atoms with Crippen molar-refractivity contribution >= 4 is 5.78 Å². The topological polar surface area (TPSA) is 26.3 Å². The number of methoxy groups -OCH3 is 1. The van der Waals surface area contributed by atoms with E-state index < -0.39 is 5.60 Å². The molecule has 0 aromatic heterocycles. The van der Waals surface area contributed by atoms with E-state index in [4.69, 9.17) is 4.74 Å². The van der Waals surface area contributed by atoms with Crippen molar-refractivity contribution < 1.29 is 9.53 Å². The Morgan fingerprint density at radius 2 is 2.42 bits per heavy atom. The van der Waals surface area contributed by atoms with Gasteiger partial charge in [-0.25, -0.2) is 0 Å². The lowest BCUT2D eigenvalue weighted by Crippen LogP contribution is -2.51. The average molecular weight is 166 g/mol. The second-order valence-electron chi connectivity index (χ2n) is 3.81. The number of ketones is 1. The number of carbonyl (C=O) groups is 1. The quantitative estimate of drug-likeness (QED) is 0.552. The van der Waals surface area contributed by atoms with Crippen molar-refractivity contribution in [1.29, 1.82) is 0 Å². The summed E-state index contributed by atoms with van der Waals surface area (Å²) < 4.78 is 5.31. The maximum Gasteiger partial charge on any atom is 0.171 e. The fraction of sp³-hybridized carbons (Fsp3) is 0.700. The van der Waals surface area contributed by atoms with Crippen LogP contribution in [-0.2, 0) is 9.53 Å². The van der Waals surface area contributed by atoms with Gasteiger partial charge in [-0.2, -0.15) is 0 Å². The molecule has 0 heterocycles. The fourth-order valence-electron chi connectivity index (χ4n) is 2.31. The zero-order valence-corrected chi connectivity index (χ0v) is 7.54. The van der Waals surface area contributed by atoms with Gasteiger partial charge in [0.05, 0.1) is 0 Å². The third-order valence-corrected chi connectivity index (χ3v) is 3.30. The monoisotopic (exact) mass is 166 g/mol. The van der Waals surface area contributed by atoms with Crippen LogP contribution in [0.3, 0.4) is 0 Å². The van der Waals surface area contributed by atoms with Crippen molar-refractivity contribution in [3.63, 3.8) is 0 Å². The molecule has 2 heteroatoms. The summed E-state index contributed by atoms with van der Waals surface area (Å²) in [6, 6.07) is 0. The van der Waals surface area contributed by atoms with E-state index in [-0.39, 0.29) is 11.7 Å². The van der Waals surface area contributed by atoms with Gasteiger partial charge >= 0.3 is 0 Å². The Hall–Kier alpha value is -0.630. The minimum atomic E-state index is -0.561. The first kappa shape index (κ1) is 7.99. The Kier molecular flexibility index (Phi) is 1.62. The zero-order valence-electron chi connectivity index (χ0n) is 7.54. The summed E-state index contributed by atoms with van der Waals surface area (Å²) in [6.07, 6.45) is 6.05. The molecule has 0 unspecified atom stereocenters. The van der Waals surface area contributed by atoms with E-state index in [9.17, 15) is 4.79 Å². The van der Waals surface area contributed by atoms with E-state index in [1.165, 1.54) is 0 Å². The van der Waals surface area contributed by atoms with Crippen molar-refractivity contribution in [1.82, 2.24) is 0 Å². The first-order valence-corrected chi connectivity index (χ1v) is 4.48. The van der Waals surface area contributed by atoms with Crippen molar-refractivity contribution in [2.45, 2.75) is 25.4 Å². The highest BCUT2D eigenvalue weighted by Gasteiger charge is 2.48. The lowest BCUT2D eigenvalue weighted by Gasteiger charge is -2.42. The highest BCUT2D eigenvalue weighted by Crippen LogP contribution is 2.41. The number of carbonyl (C=O) groups excluding carboxylic acids is 1. The third-order valence-electron chi connectivity index (χ3n) is 3.30. The number of rotatable bonds is 1. The number of fused-ring (bicyclic) bond motifs is 2. The summed E-state index contributed by atoms with van der Waals surface area (Å²) in [4.78, 5) is 11.8. The van der Waals surface area contributed by atoms with Crippen LogP contribution in [0.4, 0.5) is 0 Å². The molecule has 0 spiro atoms. The van der Waals surface area contributed by atoms with Crippen LogP contribution in [0.1, 0.15) is 19.8 Å². The highest BCUT2D eigenvalue weighted by molar-refractivity contribution is 5.93. The molecule has 0 saturated heterocycles. The van der Waals surface area contributed by atoms with Crippen LogP contribution in [0.25, 0.3) is 0 Å². The average Bonchev–Trinajstić information content (AvgIpc) is 2.14.